The van der Waals surface area contributed by atoms with E-state index in [2.05, 4.69) is 23.6 Å². The topological polar surface area (TPSA) is 67.2 Å². The summed E-state index contributed by atoms with van der Waals surface area (Å²) in [6.07, 6.45) is 4.93. The molecule has 2 unspecified atom stereocenters. The summed E-state index contributed by atoms with van der Waals surface area (Å²) >= 11 is 0. The Morgan fingerprint density at radius 1 is 1.36 bits per heavy atom. The molecule has 1 aromatic rings. The molecule has 2 atom stereocenters. The molecular formula is C16H24N4O2. The maximum atomic E-state index is 12.3. The minimum absolute atomic E-state index is 0.169. The smallest absolute Gasteiger partial charge is 0.245 e. The van der Waals surface area contributed by atoms with Gasteiger partial charge in [-0.05, 0) is 26.8 Å². The van der Waals surface area contributed by atoms with Crippen LogP contribution >= 0.6 is 0 Å². The van der Waals surface area contributed by atoms with Gasteiger partial charge in [0.1, 0.15) is 12.1 Å². The average Bonchev–Trinajstić information content (AvgIpc) is 2.91. The van der Waals surface area contributed by atoms with Crippen molar-refractivity contribution in [3.8, 4) is 0 Å². The monoisotopic (exact) mass is 304 g/mol. The van der Waals surface area contributed by atoms with Gasteiger partial charge < -0.3 is 10.2 Å². The Morgan fingerprint density at radius 3 is 2.41 bits per heavy atom. The van der Waals surface area contributed by atoms with E-state index in [9.17, 15) is 9.59 Å². The second-order valence-electron chi connectivity index (χ2n) is 5.14. The molecule has 0 saturated carbocycles. The van der Waals surface area contributed by atoms with E-state index in [4.69, 9.17) is 0 Å². The maximum absolute atomic E-state index is 12.3. The van der Waals surface area contributed by atoms with Gasteiger partial charge in [-0.1, -0.05) is 12.2 Å². The minimum Gasteiger partial charge on any atom is -0.343 e. The lowest BCUT2D eigenvalue weighted by Crippen LogP contribution is -2.48. The molecule has 1 aromatic heterocycles. The molecule has 1 heterocycles. The van der Waals surface area contributed by atoms with E-state index in [-0.39, 0.29) is 11.8 Å². The van der Waals surface area contributed by atoms with Crippen LogP contribution in [-0.4, -0.2) is 45.6 Å². The number of hydrogen-bond donors (Lipinski definition) is 1. The SMILES string of the molecule is C=CCN(CC=C)C(=O)C(C)NC(=O)C(C)n1nccc1C. The van der Waals surface area contributed by atoms with Crippen LogP contribution in [0.2, 0.25) is 0 Å². The first kappa shape index (κ1) is 17.7. The van der Waals surface area contributed by atoms with Gasteiger partial charge in [-0.2, -0.15) is 5.10 Å². The van der Waals surface area contributed by atoms with E-state index in [0.29, 0.717) is 13.1 Å². The molecule has 0 aromatic carbocycles. The third-order valence-corrected chi connectivity index (χ3v) is 3.35. The van der Waals surface area contributed by atoms with Gasteiger partial charge in [0.25, 0.3) is 0 Å². The quantitative estimate of drug-likeness (QED) is 0.739. The predicted octanol–water partition coefficient (Wildman–Crippen LogP) is 1.46. The Balaban J connectivity index is 2.70. The Bertz CT molecular complexity index is 540. The Kier molecular flexibility index (Phi) is 6.56. The van der Waals surface area contributed by atoms with Crippen LogP contribution in [-0.2, 0) is 9.59 Å². The van der Waals surface area contributed by atoms with Crippen LogP contribution in [0.25, 0.3) is 0 Å². The highest BCUT2D eigenvalue weighted by molar-refractivity contribution is 5.88. The number of rotatable bonds is 8. The van der Waals surface area contributed by atoms with Crippen LogP contribution in [0.1, 0.15) is 25.6 Å². The van der Waals surface area contributed by atoms with Crippen molar-refractivity contribution in [2.24, 2.45) is 0 Å². The van der Waals surface area contributed by atoms with E-state index in [1.54, 1.807) is 41.8 Å². The summed E-state index contributed by atoms with van der Waals surface area (Å²) < 4.78 is 1.62. The predicted molar refractivity (Wildman–Crippen MR) is 86.3 cm³/mol. The van der Waals surface area contributed by atoms with Gasteiger partial charge in [0.2, 0.25) is 11.8 Å². The van der Waals surface area contributed by atoms with Crippen LogP contribution in [0.4, 0.5) is 0 Å². The van der Waals surface area contributed by atoms with Crippen molar-refractivity contribution < 1.29 is 9.59 Å². The Labute approximate surface area is 131 Å². The molecular weight excluding hydrogens is 280 g/mol. The summed E-state index contributed by atoms with van der Waals surface area (Å²) in [4.78, 5) is 26.2. The van der Waals surface area contributed by atoms with Gasteiger partial charge in [0, 0.05) is 25.0 Å². The lowest BCUT2D eigenvalue weighted by atomic mass is 10.2. The first-order chi connectivity index (χ1) is 10.4. The van der Waals surface area contributed by atoms with Gasteiger partial charge in [-0.25, -0.2) is 0 Å². The van der Waals surface area contributed by atoms with Gasteiger partial charge >= 0.3 is 0 Å². The first-order valence-electron chi connectivity index (χ1n) is 7.23. The summed E-state index contributed by atoms with van der Waals surface area (Å²) in [6, 6.07) is 0.733. The molecule has 0 aliphatic heterocycles. The number of amides is 2. The highest BCUT2D eigenvalue weighted by Gasteiger charge is 2.24. The average molecular weight is 304 g/mol. The number of aryl methyl sites for hydroxylation is 1. The molecule has 0 aliphatic carbocycles. The second kappa shape index (κ2) is 8.17. The zero-order valence-corrected chi connectivity index (χ0v) is 13.5. The first-order valence-corrected chi connectivity index (χ1v) is 7.23. The van der Waals surface area contributed by atoms with E-state index in [1.165, 1.54) is 0 Å². The molecule has 2 amide bonds. The fraction of sp³-hybridized carbons (Fsp3) is 0.438. The van der Waals surface area contributed by atoms with Crippen molar-refractivity contribution in [1.82, 2.24) is 20.0 Å². The number of nitrogens with one attached hydrogen (secondary N) is 1. The molecule has 1 N–H and O–H groups in total. The molecule has 120 valence electrons. The van der Waals surface area contributed by atoms with Crippen molar-refractivity contribution in [3.63, 3.8) is 0 Å². The van der Waals surface area contributed by atoms with Crippen LogP contribution in [0.5, 0.6) is 0 Å². The van der Waals surface area contributed by atoms with Crippen molar-refractivity contribution in [3.05, 3.63) is 43.3 Å². The normalized spacial score (nSPS) is 13.0. The maximum Gasteiger partial charge on any atom is 0.245 e. The number of nitrogens with zero attached hydrogens (tertiary/aromatic N) is 3. The van der Waals surface area contributed by atoms with Gasteiger partial charge in [-0.15, -0.1) is 13.2 Å². The summed E-state index contributed by atoms with van der Waals surface area (Å²) in [5.74, 6) is -0.414. The third kappa shape index (κ3) is 4.31. The fourth-order valence-corrected chi connectivity index (χ4v) is 2.13. The molecule has 1 rings (SSSR count). The summed E-state index contributed by atoms with van der Waals surface area (Å²) in [5, 5.41) is 6.85. The van der Waals surface area contributed by atoms with E-state index in [1.807, 2.05) is 13.0 Å². The number of carbonyl (C=O) groups is 2. The molecule has 0 radical (unpaired) electrons. The van der Waals surface area contributed by atoms with Crippen molar-refractivity contribution >= 4 is 11.8 Å². The van der Waals surface area contributed by atoms with Gasteiger partial charge in [0.15, 0.2) is 0 Å². The lowest BCUT2D eigenvalue weighted by Gasteiger charge is -2.25. The molecule has 22 heavy (non-hydrogen) atoms. The summed E-state index contributed by atoms with van der Waals surface area (Å²) in [7, 11) is 0. The van der Waals surface area contributed by atoms with Crippen LogP contribution < -0.4 is 5.32 Å². The molecule has 0 saturated heterocycles. The third-order valence-electron chi connectivity index (χ3n) is 3.35. The van der Waals surface area contributed by atoms with Crippen LogP contribution in [0.3, 0.4) is 0 Å². The Hall–Kier alpha value is -2.37. The van der Waals surface area contributed by atoms with Gasteiger partial charge in [-0.3, -0.25) is 14.3 Å². The highest BCUT2D eigenvalue weighted by atomic mass is 16.2. The highest BCUT2D eigenvalue weighted by Crippen LogP contribution is 2.08. The van der Waals surface area contributed by atoms with E-state index < -0.39 is 12.1 Å². The minimum atomic E-state index is -0.620. The van der Waals surface area contributed by atoms with Gasteiger partial charge in [0.05, 0.1) is 0 Å². The van der Waals surface area contributed by atoms with E-state index in [0.717, 1.165) is 5.69 Å². The largest absolute Gasteiger partial charge is 0.343 e. The van der Waals surface area contributed by atoms with E-state index >= 15 is 0 Å². The number of hydrogen-bond acceptors (Lipinski definition) is 3. The Morgan fingerprint density at radius 2 is 1.95 bits per heavy atom. The standard InChI is InChI=1S/C16H24N4O2/c1-6-10-19(11-7-2)16(22)13(4)18-15(21)14(5)20-12(3)8-9-17-20/h6-9,13-14H,1-2,10-11H2,3-5H3,(H,18,21). The van der Waals surface area contributed by atoms with Crippen molar-refractivity contribution in [2.45, 2.75) is 32.9 Å². The fourth-order valence-electron chi connectivity index (χ4n) is 2.13. The van der Waals surface area contributed by atoms with Crippen molar-refractivity contribution in [1.29, 1.82) is 0 Å². The van der Waals surface area contributed by atoms with Crippen LogP contribution in [0, 0.1) is 6.92 Å². The molecule has 0 bridgehead atoms. The zero-order chi connectivity index (χ0) is 16.7. The zero-order valence-electron chi connectivity index (χ0n) is 13.5. The number of aromatic nitrogens is 2. The summed E-state index contributed by atoms with van der Waals surface area (Å²) in [5.41, 5.74) is 0.890. The molecule has 0 spiro atoms. The lowest BCUT2D eigenvalue weighted by molar-refractivity contribution is -0.136. The second-order valence-corrected chi connectivity index (χ2v) is 5.14. The molecule has 0 fully saturated rings. The molecule has 6 heteroatoms. The van der Waals surface area contributed by atoms with Crippen LogP contribution in [0.15, 0.2) is 37.6 Å². The molecule has 0 aliphatic rings. The number of carbonyl (C=O) groups excluding carboxylic acids is 2. The molecule has 6 nitrogen and oxygen atoms in total. The van der Waals surface area contributed by atoms with Crippen molar-refractivity contribution in [2.75, 3.05) is 13.1 Å². The summed E-state index contributed by atoms with van der Waals surface area (Å²) in [6.45, 7) is 13.4.